The molecule has 3 amide bonds. The third-order valence-corrected chi connectivity index (χ3v) is 5.51. The standard InChI is InChI=1S/C27H31N3O3/c1-17(2)26(27(33)28-18(3)22-10-7-11-24(16-22)29-19(4)31)30-25(32)15-20-12-13-21-8-5-6-9-23(21)14-20/h5-14,16-18,26H,15H2,1-4H3,(H,28,33)(H,29,31)(H,30,32). The number of benzene rings is 3. The number of hydrogen-bond donors (Lipinski definition) is 3. The van der Waals surface area contributed by atoms with Crippen LogP contribution in [0, 0.1) is 5.92 Å². The van der Waals surface area contributed by atoms with Gasteiger partial charge in [-0.25, -0.2) is 0 Å². The zero-order valence-corrected chi connectivity index (χ0v) is 19.5. The average molecular weight is 446 g/mol. The predicted molar refractivity (Wildman–Crippen MR) is 132 cm³/mol. The van der Waals surface area contributed by atoms with Crippen LogP contribution < -0.4 is 16.0 Å². The Kier molecular flexibility index (Phi) is 7.83. The van der Waals surface area contributed by atoms with Crippen LogP contribution in [-0.4, -0.2) is 23.8 Å². The Balaban J connectivity index is 1.64. The molecule has 0 radical (unpaired) electrons. The molecule has 0 spiro atoms. The summed E-state index contributed by atoms with van der Waals surface area (Å²) in [6, 6.07) is 20.3. The first-order valence-corrected chi connectivity index (χ1v) is 11.2. The molecule has 2 unspecified atom stereocenters. The third kappa shape index (κ3) is 6.65. The molecule has 3 rings (SSSR count). The molecule has 0 aliphatic carbocycles. The highest BCUT2D eigenvalue weighted by molar-refractivity contribution is 5.90. The van der Waals surface area contributed by atoms with Gasteiger partial charge in [0, 0.05) is 12.6 Å². The van der Waals surface area contributed by atoms with Gasteiger partial charge in [-0.05, 0) is 46.9 Å². The van der Waals surface area contributed by atoms with Crippen LogP contribution in [0.2, 0.25) is 0 Å². The minimum absolute atomic E-state index is 0.0801. The molecule has 0 fully saturated rings. The van der Waals surface area contributed by atoms with Crippen molar-refractivity contribution in [2.24, 2.45) is 5.92 Å². The number of amides is 3. The number of anilines is 1. The molecule has 3 aromatic carbocycles. The van der Waals surface area contributed by atoms with Gasteiger partial charge in [0.2, 0.25) is 17.7 Å². The molecule has 6 heteroatoms. The lowest BCUT2D eigenvalue weighted by atomic mass is 10.0. The van der Waals surface area contributed by atoms with Crippen molar-refractivity contribution in [3.63, 3.8) is 0 Å². The molecule has 33 heavy (non-hydrogen) atoms. The predicted octanol–water partition coefficient (Wildman–Crippen LogP) is 4.36. The van der Waals surface area contributed by atoms with Crippen molar-refractivity contribution < 1.29 is 14.4 Å². The second-order valence-electron chi connectivity index (χ2n) is 8.68. The van der Waals surface area contributed by atoms with E-state index in [4.69, 9.17) is 0 Å². The van der Waals surface area contributed by atoms with Crippen LogP contribution >= 0.6 is 0 Å². The van der Waals surface area contributed by atoms with Crippen LogP contribution in [0.5, 0.6) is 0 Å². The quantitative estimate of drug-likeness (QED) is 0.481. The van der Waals surface area contributed by atoms with Gasteiger partial charge >= 0.3 is 0 Å². The van der Waals surface area contributed by atoms with Gasteiger partial charge in [0.15, 0.2) is 0 Å². The zero-order valence-electron chi connectivity index (χ0n) is 19.5. The maximum atomic E-state index is 13.0. The van der Waals surface area contributed by atoms with E-state index in [0.29, 0.717) is 5.69 Å². The summed E-state index contributed by atoms with van der Waals surface area (Å²) in [4.78, 5) is 37.1. The van der Waals surface area contributed by atoms with Crippen molar-refractivity contribution in [3.8, 4) is 0 Å². The molecule has 3 aromatic rings. The summed E-state index contributed by atoms with van der Waals surface area (Å²) < 4.78 is 0. The number of hydrogen-bond acceptors (Lipinski definition) is 3. The summed E-state index contributed by atoms with van der Waals surface area (Å²) in [6.07, 6.45) is 0.204. The molecular formula is C27H31N3O3. The van der Waals surface area contributed by atoms with Crippen molar-refractivity contribution in [2.75, 3.05) is 5.32 Å². The van der Waals surface area contributed by atoms with Crippen LogP contribution in [0.1, 0.15) is 44.9 Å². The summed E-state index contributed by atoms with van der Waals surface area (Å²) >= 11 is 0. The minimum atomic E-state index is -0.654. The number of nitrogens with one attached hydrogen (secondary N) is 3. The van der Waals surface area contributed by atoms with Crippen molar-refractivity contribution in [2.45, 2.75) is 46.2 Å². The molecule has 0 aromatic heterocycles. The van der Waals surface area contributed by atoms with E-state index in [9.17, 15) is 14.4 Å². The Morgan fingerprint density at radius 2 is 1.55 bits per heavy atom. The van der Waals surface area contributed by atoms with Crippen LogP contribution in [0.3, 0.4) is 0 Å². The van der Waals surface area contributed by atoms with Crippen molar-refractivity contribution in [1.82, 2.24) is 10.6 Å². The number of carbonyl (C=O) groups excluding carboxylic acids is 3. The second-order valence-corrected chi connectivity index (χ2v) is 8.68. The highest BCUT2D eigenvalue weighted by Gasteiger charge is 2.25. The molecule has 0 bridgehead atoms. The van der Waals surface area contributed by atoms with Gasteiger partial charge in [0.05, 0.1) is 12.5 Å². The summed E-state index contributed by atoms with van der Waals surface area (Å²) in [7, 11) is 0. The van der Waals surface area contributed by atoms with Gasteiger partial charge < -0.3 is 16.0 Å². The first kappa shape index (κ1) is 24.0. The first-order chi connectivity index (χ1) is 15.7. The smallest absolute Gasteiger partial charge is 0.243 e. The fourth-order valence-corrected chi connectivity index (χ4v) is 3.77. The lowest BCUT2D eigenvalue weighted by molar-refractivity contribution is -0.130. The van der Waals surface area contributed by atoms with E-state index in [-0.39, 0.29) is 36.1 Å². The molecule has 3 N–H and O–H groups in total. The Morgan fingerprint density at radius 1 is 0.818 bits per heavy atom. The fourth-order valence-electron chi connectivity index (χ4n) is 3.77. The van der Waals surface area contributed by atoms with Gasteiger partial charge in [-0.15, -0.1) is 0 Å². The first-order valence-electron chi connectivity index (χ1n) is 11.2. The van der Waals surface area contributed by atoms with E-state index in [1.54, 1.807) is 6.07 Å². The van der Waals surface area contributed by atoms with Gasteiger partial charge in [0.1, 0.15) is 6.04 Å². The van der Waals surface area contributed by atoms with Crippen molar-refractivity contribution >= 4 is 34.2 Å². The van der Waals surface area contributed by atoms with Gasteiger partial charge in [-0.1, -0.05) is 68.4 Å². The van der Waals surface area contributed by atoms with E-state index in [2.05, 4.69) is 16.0 Å². The lowest BCUT2D eigenvalue weighted by Gasteiger charge is -2.24. The molecule has 0 aliphatic heterocycles. The molecule has 172 valence electrons. The molecule has 2 atom stereocenters. The third-order valence-electron chi connectivity index (χ3n) is 5.51. The Morgan fingerprint density at radius 3 is 2.24 bits per heavy atom. The number of fused-ring (bicyclic) bond motifs is 1. The SMILES string of the molecule is CC(=O)Nc1cccc(C(C)NC(=O)C(NC(=O)Cc2ccc3ccccc3c2)C(C)C)c1. The van der Waals surface area contributed by atoms with Crippen molar-refractivity contribution in [3.05, 3.63) is 77.9 Å². The van der Waals surface area contributed by atoms with E-state index in [1.807, 2.05) is 81.4 Å². The highest BCUT2D eigenvalue weighted by atomic mass is 16.2. The van der Waals surface area contributed by atoms with E-state index in [0.717, 1.165) is 21.9 Å². The monoisotopic (exact) mass is 445 g/mol. The molecule has 6 nitrogen and oxygen atoms in total. The van der Waals surface area contributed by atoms with Crippen LogP contribution in [0.25, 0.3) is 10.8 Å². The normalized spacial score (nSPS) is 12.8. The maximum Gasteiger partial charge on any atom is 0.243 e. The summed E-state index contributed by atoms with van der Waals surface area (Å²) in [5.41, 5.74) is 2.43. The maximum absolute atomic E-state index is 13.0. The molecule has 0 heterocycles. The molecule has 0 aliphatic rings. The Bertz CT molecular complexity index is 1160. The summed E-state index contributed by atoms with van der Waals surface area (Å²) in [5.74, 6) is -0.671. The number of rotatable bonds is 8. The van der Waals surface area contributed by atoms with E-state index < -0.39 is 6.04 Å². The van der Waals surface area contributed by atoms with Crippen LogP contribution in [0.4, 0.5) is 5.69 Å². The Hall–Kier alpha value is -3.67. The van der Waals surface area contributed by atoms with Crippen molar-refractivity contribution in [1.29, 1.82) is 0 Å². The largest absolute Gasteiger partial charge is 0.348 e. The van der Waals surface area contributed by atoms with Crippen LogP contribution in [-0.2, 0) is 20.8 Å². The van der Waals surface area contributed by atoms with E-state index >= 15 is 0 Å². The molecule has 0 saturated heterocycles. The summed E-state index contributed by atoms with van der Waals surface area (Å²) in [5, 5.41) is 10.8. The summed E-state index contributed by atoms with van der Waals surface area (Å²) in [6.45, 7) is 7.13. The minimum Gasteiger partial charge on any atom is -0.348 e. The van der Waals surface area contributed by atoms with Gasteiger partial charge in [-0.2, -0.15) is 0 Å². The van der Waals surface area contributed by atoms with Crippen LogP contribution in [0.15, 0.2) is 66.7 Å². The van der Waals surface area contributed by atoms with E-state index in [1.165, 1.54) is 6.92 Å². The van der Waals surface area contributed by atoms with Gasteiger partial charge in [-0.3, -0.25) is 14.4 Å². The highest BCUT2D eigenvalue weighted by Crippen LogP contribution is 2.19. The molecular weight excluding hydrogens is 414 g/mol. The fraction of sp³-hybridized carbons (Fsp3) is 0.296. The second kappa shape index (κ2) is 10.8. The average Bonchev–Trinajstić information content (AvgIpc) is 2.76. The van der Waals surface area contributed by atoms with Gasteiger partial charge in [0.25, 0.3) is 0 Å². The Labute approximate surface area is 194 Å². The topological polar surface area (TPSA) is 87.3 Å². The zero-order chi connectivity index (χ0) is 24.0. The number of carbonyl (C=O) groups is 3. The molecule has 0 saturated carbocycles. The lowest BCUT2D eigenvalue weighted by Crippen LogP contribution is -2.50.